The van der Waals surface area contributed by atoms with Crippen molar-refractivity contribution in [3.05, 3.63) is 34.2 Å². The molecule has 0 atom stereocenters. The minimum Gasteiger partial charge on any atom is -0.483 e. The van der Waals surface area contributed by atoms with Gasteiger partial charge in [0.2, 0.25) is 5.89 Å². The molecule has 0 aromatic carbocycles. The first-order valence-corrected chi connectivity index (χ1v) is 7.92. The monoisotopic (exact) mass is 382 g/mol. The van der Waals surface area contributed by atoms with E-state index >= 15 is 0 Å². The molecule has 1 amide bonds. The zero-order chi connectivity index (χ0) is 18.2. The van der Waals surface area contributed by atoms with Gasteiger partial charge in [0, 0.05) is 24.4 Å². The van der Waals surface area contributed by atoms with Crippen LogP contribution in [0.15, 0.2) is 22.1 Å². The topological polar surface area (TPSA) is 55.6 Å². The molecule has 11 heteroatoms. The number of amides is 1. The minimum atomic E-state index is -4.45. The molecule has 2 aromatic rings. The molecule has 0 unspecified atom stereocenters. The number of carbonyl (C=O) groups excluding carboxylic acids is 1. The van der Waals surface area contributed by atoms with Gasteiger partial charge in [-0.3, -0.25) is 4.79 Å². The lowest BCUT2D eigenvalue weighted by Gasteiger charge is -2.13. The fourth-order valence-corrected chi connectivity index (χ4v) is 2.93. The van der Waals surface area contributed by atoms with E-state index < -0.39 is 35.8 Å². The number of carbonyl (C=O) groups is 1. The van der Waals surface area contributed by atoms with Gasteiger partial charge in [0.05, 0.1) is 6.54 Å². The van der Waals surface area contributed by atoms with Gasteiger partial charge in [-0.2, -0.15) is 13.2 Å². The van der Waals surface area contributed by atoms with Gasteiger partial charge in [-0.05, 0) is 0 Å². The van der Waals surface area contributed by atoms with Gasteiger partial charge in [0.15, 0.2) is 12.3 Å². The quantitative estimate of drug-likeness (QED) is 0.755. The number of aromatic nitrogens is 1. The van der Waals surface area contributed by atoms with E-state index in [1.54, 1.807) is 0 Å². The maximum absolute atomic E-state index is 13.1. The van der Waals surface area contributed by atoms with Crippen LogP contribution in [0.25, 0.3) is 0 Å². The largest absolute Gasteiger partial charge is 0.483 e. The number of nitrogens with zero attached hydrogens (tertiary/aromatic N) is 2. The number of ether oxygens (including phenoxy) is 1. The van der Waals surface area contributed by atoms with Gasteiger partial charge >= 0.3 is 6.18 Å². The summed E-state index contributed by atoms with van der Waals surface area (Å²) in [4.78, 5) is 16.0. The van der Waals surface area contributed by atoms with E-state index in [4.69, 9.17) is 9.15 Å². The highest BCUT2D eigenvalue weighted by Crippen LogP contribution is 2.36. The van der Waals surface area contributed by atoms with Crippen molar-refractivity contribution in [1.29, 1.82) is 0 Å². The van der Waals surface area contributed by atoms with Crippen LogP contribution in [-0.2, 0) is 12.8 Å². The van der Waals surface area contributed by atoms with Crippen LogP contribution in [0.5, 0.6) is 5.75 Å². The highest BCUT2D eigenvalue weighted by atomic mass is 32.1. The number of oxazole rings is 1. The highest BCUT2D eigenvalue weighted by molar-refractivity contribution is 7.10. The van der Waals surface area contributed by atoms with Gasteiger partial charge in [-0.1, -0.05) is 0 Å². The molecule has 0 aliphatic carbocycles. The van der Waals surface area contributed by atoms with Gasteiger partial charge in [-0.15, -0.1) is 11.3 Å². The molecule has 0 bridgehead atoms. The molecule has 0 spiro atoms. The Balaban J connectivity index is 1.59. The third-order valence-corrected chi connectivity index (χ3v) is 4.40. The first kappa shape index (κ1) is 17.6. The van der Waals surface area contributed by atoms with Gasteiger partial charge in [0.25, 0.3) is 11.8 Å². The first-order valence-electron chi connectivity index (χ1n) is 7.04. The molecule has 0 radical (unpaired) electrons. The fourth-order valence-electron chi connectivity index (χ4n) is 2.23. The normalized spacial score (nSPS) is 17.1. The van der Waals surface area contributed by atoms with Crippen LogP contribution >= 0.6 is 11.3 Å². The van der Waals surface area contributed by atoms with Crippen LogP contribution < -0.4 is 4.74 Å². The fraction of sp³-hybridized carbons (Fsp3) is 0.429. The number of alkyl halides is 5. The second kappa shape index (κ2) is 6.28. The zero-order valence-corrected chi connectivity index (χ0v) is 13.3. The first-order chi connectivity index (χ1) is 11.6. The molecule has 25 heavy (non-hydrogen) atoms. The Kier molecular flexibility index (Phi) is 4.43. The van der Waals surface area contributed by atoms with Crippen molar-refractivity contribution in [2.45, 2.75) is 25.1 Å². The van der Waals surface area contributed by atoms with E-state index in [1.165, 1.54) is 5.38 Å². The van der Waals surface area contributed by atoms with Gasteiger partial charge in [-0.25, -0.2) is 13.8 Å². The Labute approximate surface area is 142 Å². The Morgan fingerprint density at radius 2 is 2.20 bits per heavy atom. The Bertz CT molecular complexity index is 771. The standard InChI is InChI=1S/C14H11F5N2O3S/c15-13(16)1-2-21(7-13)12(22)9-4-24-11(20-9)5-23-8-3-10(25-6-8)14(17,18)19/h3-4,6H,1-2,5,7H2. The summed E-state index contributed by atoms with van der Waals surface area (Å²) in [6.45, 7) is -1.06. The molecule has 3 heterocycles. The molecule has 1 saturated heterocycles. The van der Waals surface area contributed by atoms with Crippen molar-refractivity contribution in [3.8, 4) is 5.75 Å². The molecular formula is C14H11F5N2O3S. The number of hydrogen-bond donors (Lipinski definition) is 0. The van der Waals surface area contributed by atoms with Crippen LogP contribution in [0, 0.1) is 0 Å². The van der Waals surface area contributed by atoms with Gasteiger partial charge < -0.3 is 14.1 Å². The highest BCUT2D eigenvalue weighted by Gasteiger charge is 2.41. The zero-order valence-electron chi connectivity index (χ0n) is 12.5. The van der Waals surface area contributed by atoms with E-state index in [2.05, 4.69) is 4.98 Å². The summed E-state index contributed by atoms with van der Waals surface area (Å²) < 4.78 is 73.9. The van der Waals surface area contributed by atoms with Crippen molar-refractivity contribution >= 4 is 17.2 Å². The van der Waals surface area contributed by atoms with Gasteiger partial charge in [0.1, 0.15) is 16.9 Å². The molecule has 0 saturated carbocycles. The third kappa shape index (κ3) is 4.09. The van der Waals surface area contributed by atoms with Crippen molar-refractivity contribution in [3.63, 3.8) is 0 Å². The average Bonchev–Trinajstić information content (AvgIpc) is 3.22. The number of likely N-dealkylation sites (tertiary alicyclic amines) is 1. The van der Waals surface area contributed by atoms with Crippen molar-refractivity contribution in [1.82, 2.24) is 9.88 Å². The van der Waals surface area contributed by atoms with E-state index in [9.17, 15) is 26.7 Å². The van der Waals surface area contributed by atoms with E-state index in [-0.39, 0.29) is 30.5 Å². The predicted molar refractivity (Wildman–Crippen MR) is 75.6 cm³/mol. The maximum Gasteiger partial charge on any atom is 0.425 e. The summed E-state index contributed by atoms with van der Waals surface area (Å²) in [5.74, 6) is -3.67. The summed E-state index contributed by atoms with van der Waals surface area (Å²) in [6.07, 6.45) is -3.86. The lowest BCUT2D eigenvalue weighted by molar-refractivity contribution is -0.134. The maximum atomic E-state index is 13.1. The van der Waals surface area contributed by atoms with E-state index in [0.717, 1.165) is 17.2 Å². The predicted octanol–water partition coefficient (Wildman–Crippen LogP) is 3.82. The van der Waals surface area contributed by atoms with Crippen LogP contribution in [0.4, 0.5) is 22.0 Å². The van der Waals surface area contributed by atoms with Crippen molar-refractivity contribution in [2.75, 3.05) is 13.1 Å². The molecule has 1 aliphatic heterocycles. The summed E-state index contributed by atoms with van der Waals surface area (Å²) in [6, 6.07) is 0.839. The van der Waals surface area contributed by atoms with Crippen molar-refractivity contribution < 1.29 is 35.9 Å². The van der Waals surface area contributed by atoms with Crippen LogP contribution in [0.1, 0.15) is 27.7 Å². The number of rotatable bonds is 4. The summed E-state index contributed by atoms with van der Waals surface area (Å²) in [7, 11) is 0. The molecule has 2 aromatic heterocycles. The average molecular weight is 382 g/mol. The van der Waals surface area contributed by atoms with Crippen molar-refractivity contribution in [2.24, 2.45) is 0 Å². The Hall–Kier alpha value is -2.17. The summed E-state index contributed by atoms with van der Waals surface area (Å²) >= 11 is 0.485. The molecule has 5 nitrogen and oxygen atoms in total. The second-order valence-corrected chi connectivity index (χ2v) is 6.30. The molecule has 0 N–H and O–H groups in total. The third-order valence-electron chi connectivity index (χ3n) is 3.44. The van der Waals surface area contributed by atoms with E-state index in [0.29, 0.717) is 11.3 Å². The van der Waals surface area contributed by atoms with Crippen LogP contribution in [0.3, 0.4) is 0 Å². The molecular weight excluding hydrogens is 371 g/mol. The Morgan fingerprint density at radius 1 is 1.44 bits per heavy atom. The molecule has 3 rings (SSSR count). The number of hydrogen-bond acceptors (Lipinski definition) is 5. The number of halogens is 5. The summed E-state index contributed by atoms with van der Waals surface area (Å²) in [5, 5.41) is 1.18. The molecule has 1 aliphatic rings. The second-order valence-electron chi connectivity index (χ2n) is 5.39. The molecule has 136 valence electrons. The van der Waals surface area contributed by atoms with E-state index in [1.807, 2.05) is 0 Å². The molecule has 1 fully saturated rings. The lowest BCUT2D eigenvalue weighted by atomic mass is 10.3. The lowest BCUT2D eigenvalue weighted by Crippen LogP contribution is -2.31. The van der Waals surface area contributed by atoms with Crippen LogP contribution in [0.2, 0.25) is 0 Å². The SMILES string of the molecule is O=C(c1coc(COc2csc(C(F)(F)F)c2)n1)N1CCC(F)(F)C1. The number of thiophene rings is 1. The minimum absolute atomic E-state index is 0.0115. The van der Waals surface area contributed by atoms with Crippen LogP contribution in [-0.4, -0.2) is 34.8 Å². The Morgan fingerprint density at radius 3 is 2.80 bits per heavy atom. The smallest absolute Gasteiger partial charge is 0.425 e. The summed E-state index contributed by atoms with van der Waals surface area (Å²) in [5.41, 5.74) is -0.155.